The van der Waals surface area contributed by atoms with Crippen molar-refractivity contribution in [1.82, 2.24) is 45.2 Å². The number of nitrogens with two attached hydrogens (primary N) is 3. The summed E-state index contributed by atoms with van der Waals surface area (Å²) in [6.45, 7) is 17.2. The Labute approximate surface area is 765 Å². The predicted octanol–water partition coefficient (Wildman–Crippen LogP) is 6.73. The van der Waals surface area contributed by atoms with E-state index in [0.29, 0.717) is 184 Å². The normalized spacial score (nSPS) is 26.5. The number of ketones is 3. The van der Waals surface area contributed by atoms with E-state index in [1.54, 1.807) is 33.9 Å². The number of benzene rings is 2. The van der Waals surface area contributed by atoms with Crippen LogP contribution in [0.2, 0.25) is 0 Å². The van der Waals surface area contributed by atoms with E-state index in [4.69, 9.17) is 88.3 Å². The molecule has 7 heterocycles. The maximum atomic E-state index is 14.7. The number of hydrogen-bond donors (Lipinski definition) is 8. The van der Waals surface area contributed by atoms with Crippen molar-refractivity contribution in [3.05, 3.63) is 107 Å². The monoisotopic (exact) mass is 1830 g/mol. The minimum Gasteiger partial charge on any atom is -0.459 e. The molecule has 2 saturated heterocycles. The maximum absolute atomic E-state index is 14.7. The van der Waals surface area contributed by atoms with Gasteiger partial charge in [0.25, 0.3) is 17.7 Å². The summed E-state index contributed by atoms with van der Waals surface area (Å²) in [6.07, 6.45) is 9.24. The third kappa shape index (κ3) is 31.1. The van der Waals surface area contributed by atoms with Gasteiger partial charge in [0, 0.05) is 95.6 Å². The number of allylic oxidation sites excluding steroid dienone is 6. The summed E-state index contributed by atoms with van der Waals surface area (Å²) in [4.78, 5) is 126. The van der Waals surface area contributed by atoms with E-state index in [0.717, 1.165) is 33.6 Å². The number of nitrogens with zero attached hydrogens (tertiary/aromatic N) is 7. The van der Waals surface area contributed by atoms with Crippen LogP contribution in [0.1, 0.15) is 148 Å². The van der Waals surface area contributed by atoms with Gasteiger partial charge < -0.3 is 119 Å². The van der Waals surface area contributed by atoms with Crippen molar-refractivity contribution in [2.75, 3.05) is 158 Å². The number of piperidine rings is 1. The standard InChI is InChI=1S/C94H136N12O25/c1-59-14-10-9-11-15-60(2)77(118-7)54-70-22-17-64(6)94(117,131-70)87(113)90(114)105-30-13-12-16-73(105)91(115)128-78(55-74(107)61(3)49-63(5)85(111)86(112)84(110)62(4)48-59)71(95)51-65-19-23-76(79(52-65)119-8)130-93(116)99-29-35-123-39-43-127-46-44-124-40-36-120-32-26-80(108)98-28-34-122-38-42-126-47-45-125-41-37-121-33-27-81(109)104-31-25-67-50-66(18-20-69(67)57-104)56-106-89-82(88(96)100-58-101-89)83(103-106)68-21-24-75-72(53-68)102-92(97)129-75/h9-11,14-15,18,20-21,24,49-50,53,58-59,61-62,64-65,70-71,73,76-79,85-86,111-112,117H,12-13,16-17,19,22-23,25-48,51-52,54-57,95H2,1-8H3,(H2,97,102)(H,98,108)(H,99,116)(H2,96,100,101)/b11-9+,14-10+,60-15+,63-49+/t59-,61-,62-,64-,65+,70+,71-,73+,76-,77+,78+,79-,85-,86+,94-/m1/s1. The first kappa shape index (κ1) is 104. The molecule has 2 aromatic carbocycles. The SMILES string of the molecule is CO[C@H]1C[C@@H]2CC[C@@H](C)[C@@](O)(O2)C(=O)C(=O)N2CCCC[C@H]2C(=O)O[C@H]([C@H](N)C[C@@H]2CC[C@@H](OC(=O)NCCOCCOCCOCCOCCC(=O)NCCOCCOCCOCCOCCC(=O)N3CCc4cc(Cn5nc(-c6ccc7oc(N)nc7c6)c6c(N)ncnc65)ccc4C3)[C@H](OC)C2)CC(=O)[C@H](C)/C=C(\C)[C@@H](O)[C@@H](O)C(=O)[C@H](C)C[C@H](C)/C=C/C=C/C=C/1C. The quantitative estimate of drug-likeness (QED) is 0.00875. The van der Waals surface area contributed by atoms with Crippen molar-refractivity contribution >= 4 is 81.1 Å². The van der Waals surface area contributed by atoms with Crippen molar-refractivity contribution in [2.45, 2.75) is 212 Å². The molecule has 1 saturated carbocycles. The zero-order valence-corrected chi connectivity index (χ0v) is 76.9. The Bertz CT molecular complexity index is 4670. The van der Waals surface area contributed by atoms with E-state index < -0.39 is 120 Å². The van der Waals surface area contributed by atoms with Gasteiger partial charge in [-0.2, -0.15) is 10.1 Å². The number of esters is 1. The molecule has 5 aliphatic rings. The maximum Gasteiger partial charge on any atom is 0.407 e. The first-order valence-electron chi connectivity index (χ1n) is 45.9. The van der Waals surface area contributed by atoms with E-state index in [1.165, 1.54) is 32.0 Å². The molecule has 5 aromatic rings. The number of nitrogens with one attached hydrogen (secondary N) is 2. The summed E-state index contributed by atoms with van der Waals surface area (Å²) >= 11 is 0. The number of carbonyl (C=O) groups is 8. The summed E-state index contributed by atoms with van der Waals surface area (Å²) in [5.74, 6) is -9.17. The van der Waals surface area contributed by atoms with Crippen LogP contribution in [0, 0.1) is 29.6 Å². The van der Waals surface area contributed by atoms with Crippen molar-refractivity contribution in [2.24, 2.45) is 35.3 Å². The van der Waals surface area contributed by atoms with Gasteiger partial charge in [-0.25, -0.2) is 24.2 Å². The Morgan fingerprint density at radius 2 is 1.36 bits per heavy atom. The number of alkyl carbamates (subject to hydrolysis) is 1. The van der Waals surface area contributed by atoms with Gasteiger partial charge in [-0.3, -0.25) is 28.8 Å². The fourth-order valence-corrected chi connectivity index (χ4v) is 17.1. The van der Waals surface area contributed by atoms with Crippen molar-refractivity contribution in [3.8, 4) is 11.3 Å². The molecule has 3 aromatic heterocycles. The summed E-state index contributed by atoms with van der Waals surface area (Å²) in [6, 6.07) is 9.62. The minimum atomic E-state index is -2.52. The van der Waals surface area contributed by atoms with Crippen LogP contribution >= 0.6 is 0 Å². The molecule has 10 rings (SSSR count). The largest absolute Gasteiger partial charge is 0.459 e. The van der Waals surface area contributed by atoms with Crippen molar-refractivity contribution in [3.63, 3.8) is 0 Å². The second kappa shape index (κ2) is 52.9. The third-order valence-electron chi connectivity index (χ3n) is 24.7. The molecule has 2 bridgehead atoms. The molecule has 4 amide bonds. The summed E-state index contributed by atoms with van der Waals surface area (Å²) < 4.78 is 82.1. The molecule has 1 aliphatic carbocycles. The molecule has 0 unspecified atom stereocenters. The van der Waals surface area contributed by atoms with E-state index in [1.807, 2.05) is 72.0 Å². The number of fused-ring (bicyclic) bond motifs is 6. The average Bonchev–Trinajstić information content (AvgIpc) is 1.33. The zero-order valence-electron chi connectivity index (χ0n) is 76.9. The van der Waals surface area contributed by atoms with Crippen LogP contribution in [0.15, 0.2) is 94.7 Å². The van der Waals surface area contributed by atoms with E-state index in [9.17, 15) is 53.7 Å². The van der Waals surface area contributed by atoms with E-state index in [2.05, 4.69) is 37.7 Å². The Balaban J connectivity index is 0.533. The van der Waals surface area contributed by atoms with Crippen LogP contribution in [0.4, 0.5) is 16.6 Å². The number of nitrogen functional groups attached to an aromatic ring is 2. The van der Waals surface area contributed by atoms with E-state index in [-0.39, 0.29) is 113 Å². The highest BCUT2D eigenvalue weighted by Crippen LogP contribution is 2.39. The number of aromatic nitrogens is 5. The van der Waals surface area contributed by atoms with Gasteiger partial charge in [0.1, 0.15) is 59.6 Å². The van der Waals surface area contributed by atoms with Crippen LogP contribution in [-0.4, -0.2) is 304 Å². The Hall–Kier alpha value is -9.42. The molecule has 0 radical (unpaired) electrons. The third-order valence-corrected chi connectivity index (χ3v) is 24.7. The van der Waals surface area contributed by atoms with Gasteiger partial charge in [-0.05, 0) is 142 Å². The highest BCUT2D eigenvalue weighted by molar-refractivity contribution is 6.39. The number of aliphatic hydroxyl groups excluding tert-OH is 2. The Morgan fingerprint density at radius 3 is 2.05 bits per heavy atom. The number of ether oxygens (including phenoxy) is 13. The van der Waals surface area contributed by atoms with Gasteiger partial charge in [0.15, 0.2) is 17.0 Å². The summed E-state index contributed by atoms with van der Waals surface area (Å²) in [5.41, 5.74) is 26.7. The van der Waals surface area contributed by atoms with Crippen molar-refractivity contribution in [1.29, 1.82) is 0 Å². The summed E-state index contributed by atoms with van der Waals surface area (Å²) in [5, 5.41) is 45.7. The van der Waals surface area contributed by atoms with Gasteiger partial charge in [-0.1, -0.05) is 82.4 Å². The number of oxazole rings is 1. The lowest BCUT2D eigenvalue weighted by Gasteiger charge is -2.42. The number of rotatable bonds is 39. The number of cyclic esters (lactones) is 1. The lowest BCUT2D eigenvalue weighted by Crippen LogP contribution is -2.61. The number of methoxy groups -OCH3 is 2. The minimum absolute atomic E-state index is 0.00662. The lowest BCUT2D eigenvalue weighted by molar-refractivity contribution is -0.265. The van der Waals surface area contributed by atoms with Gasteiger partial charge in [0.05, 0.1) is 142 Å². The van der Waals surface area contributed by atoms with Crippen LogP contribution in [0.5, 0.6) is 0 Å². The van der Waals surface area contributed by atoms with Crippen LogP contribution in [0.3, 0.4) is 0 Å². The van der Waals surface area contributed by atoms with E-state index >= 15 is 0 Å². The van der Waals surface area contributed by atoms with Crippen LogP contribution in [-0.2, 0) is 115 Å². The molecule has 722 valence electrons. The molecular weight excluding hydrogens is 1700 g/mol. The second-order valence-corrected chi connectivity index (χ2v) is 34.5. The lowest BCUT2D eigenvalue weighted by atomic mass is 9.80. The van der Waals surface area contributed by atoms with Gasteiger partial charge in [0.2, 0.25) is 17.6 Å². The number of aliphatic hydroxyl groups is 3. The number of amides is 4. The van der Waals surface area contributed by atoms with Crippen molar-refractivity contribution < 1.29 is 120 Å². The Morgan fingerprint density at radius 1 is 0.687 bits per heavy atom. The number of hydrogen-bond acceptors (Lipinski definition) is 32. The average molecular weight is 1830 g/mol. The molecule has 37 heteroatoms. The predicted molar refractivity (Wildman–Crippen MR) is 482 cm³/mol. The highest BCUT2D eigenvalue weighted by atomic mass is 16.6. The zero-order chi connectivity index (χ0) is 93.9. The molecular formula is C94H136N12O25. The summed E-state index contributed by atoms with van der Waals surface area (Å²) in [7, 11) is 3.05. The fraction of sp³-hybridized carbons (Fsp3) is 0.638. The molecule has 3 fully saturated rings. The van der Waals surface area contributed by atoms with Crippen LogP contribution < -0.4 is 27.8 Å². The first-order chi connectivity index (χ1) is 63.1. The molecule has 37 nitrogen and oxygen atoms in total. The highest BCUT2D eigenvalue weighted by Gasteiger charge is 2.53. The molecule has 15 atom stereocenters. The second-order valence-electron chi connectivity index (χ2n) is 34.5. The molecule has 0 spiro atoms. The number of anilines is 2. The molecule has 11 N–H and O–H groups in total. The molecule has 4 aliphatic heterocycles. The van der Waals surface area contributed by atoms with Crippen LogP contribution in [0.25, 0.3) is 33.4 Å². The number of Topliss-reactive ketones (excluding diaryl/α,β-unsaturated/α-hetero) is 3. The number of carbonyl (C=O) groups excluding carboxylic acids is 8. The van der Waals surface area contributed by atoms with Gasteiger partial charge in [-0.15, -0.1) is 0 Å². The fourth-order valence-electron chi connectivity index (χ4n) is 17.1. The molecule has 131 heavy (non-hydrogen) atoms. The Kier molecular flexibility index (Phi) is 41.8. The first-order valence-corrected chi connectivity index (χ1v) is 45.9. The smallest absolute Gasteiger partial charge is 0.407 e. The topological polar surface area (TPSA) is 495 Å². The van der Waals surface area contributed by atoms with Gasteiger partial charge >= 0.3 is 12.1 Å².